The maximum atomic E-state index is 13.3. The molecule has 0 unspecified atom stereocenters. The van der Waals surface area contributed by atoms with E-state index in [-0.39, 0.29) is 31.0 Å². The number of hydrogen-bond donors (Lipinski definition) is 2. The molecular weight excluding hydrogens is 502 g/mol. The fourth-order valence-electron chi connectivity index (χ4n) is 4.11. The van der Waals surface area contributed by atoms with Crippen LogP contribution in [0.1, 0.15) is 32.1 Å². The quantitative estimate of drug-likeness (QED) is 0.215. The van der Waals surface area contributed by atoms with Crippen molar-refractivity contribution in [2.24, 2.45) is 0 Å². The van der Waals surface area contributed by atoms with Gasteiger partial charge in [0.15, 0.2) is 14.6 Å². The highest BCUT2D eigenvalue weighted by atomic mass is 32.2. The molecule has 0 aliphatic carbocycles. The van der Waals surface area contributed by atoms with Crippen LogP contribution >= 0.6 is 0 Å². The predicted molar refractivity (Wildman–Crippen MR) is 131 cm³/mol. The summed E-state index contributed by atoms with van der Waals surface area (Å²) in [7, 11) is -4.08. The van der Waals surface area contributed by atoms with Gasteiger partial charge in [-0.3, -0.25) is 10.0 Å². The Morgan fingerprint density at radius 1 is 1.03 bits per heavy atom. The Hall–Kier alpha value is -3.48. The summed E-state index contributed by atoms with van der Waals surface area (Å²) >= 11 is 0. The first-order valence-electron chi connectivity index (χ1n) is 11.9. The molecule has 0 bridgehead atoms. The number of aryl methyl sites for hydroxylation is 1. The van der Waals surface area contributed by atoms with E-state index >= 15 is 0 Å². The van der Waals surface area contributed by atoms with Crippen LogP contribution < -0.4 is 15.0 Å². The molecule has 0 spiro atoms. The number of amides is 1. The highest BCUT2D eigenvalue weighted by Crippen LogP contribution is 2.35. The molecule has 1 aliphatic rings. The first-order valence-corrected chi connectivity index (χ1v) is 13.4. The predicted octanol–water partition coefficient (Wildman–Crippen LogP) is 2.98. The molecule has 1 aromatic heterocycles. The molecule has 3 aromatic rings. The summed E-state index contributed by atoms with van der Waals surface area (Å²) in [6.07, 6.45) is 1.02. The average Bonchev–Trinajstić information content (AvgIpc) is 3.41. The number of nitrogens with zero attached hydrogens (tertiary/aromatic N) is 2. The van der Waals surface area contributed by atoms with Crippen LogP contribution in [0, 0.1) is 0 Å². The lowest BCUT2D eigenvalue weighted by Gasteiger charge is -2.34. The topological polar surface area (TPSA) is 150 Å². The molecule has 2 aromatic carbocycles. The second-order valence-electron chi connectivity index (χ2n) is 8.43. The van der Waals surface area contributed by atoms with Gasteiger partial charge in [0, 0.05) is 25.2 Å². The van der Waals surface area contributed by atoms with Crippen LogP contribution in [0.15, 0.2) is 57.8 Å². The van der Waals surface area contributed by atoms with E-state index < -0.39 is 20.5 Å². The van der Waals surface area contributed by atoms with Crippen molar-refractivity contribution in [1.29, 1.82) is 0 Å². The zero-order valence-electron chi connectivity index (χ0n) is 20.4. The van der Waals surface area contributed by atoms with E-state index in [2.05, 4.69) is 10.2 Å². The third-order valence-electron chi connectivity index (χ3n) is 6.15. The molecule has 4 rings (SSSR count). The second kappa shape index (κ2) is 11.7. The summed E-state index contributed by atoms with van der Waals surface area (Å²) in [6.45, 7) is 3.08. The van der Waals surface area contributed by atoms with Gasteiger partial charge in [-0.15, -0.1) is 10.2 Å². The monoisotopic (exact) mass is 531 g/mol. The number of carbonyl (C=O) groups excluding carboxylic acids is 1. The molecular formula is C25H29N3O8S. The average molecular weight is 532 g/mol. The van der Waals surface area contributed by atoms with Gasteiger partial charge >= 0.3 is 0 Å². The smallest absolute Gasteiger partial charge is 0.265 e. The van der Waals surface area contributed by atoms with Crippen LogP contribution in [-0.4, -0.2) is 60.9 Å². The van der Waals surface area contributed by atoms with Crippen molar-refractivity contribution in [2.45, 2.75) is 42.2 Å². The molecule has 12 heteroatoms. The van der Waals surface area contributed by atoms with Crippen LogP contribution in [-0.2, 0) is 25.8 Å². The number of carbonyl (C=O) groups is 1. The molecule has 0 atom stereocenters. The summed E-state index contributed by atoms with van der Waals surface area (Å²) in [6, 6.07) is 13.3. The first kappa shape index (κ1) is 26.6. The fraction of sp³-hybridized carbons (Fsp3) is 0.400. The maximum Gasteiger partial charge on any atom is 0.265 e. The van der Waals surface area contributed by atoms with Gasteiger partial charge in [0.05, 0.1) is 18.1 Å². The van der Waals surface area contributed by atoms with Crippen LogP contribution in [0.25, 0.3) is 11.5 Å². The fourth-order valence-corrected chi connectivity index (χ4v) is 6.05. The van der Waals surface area contributed by atoms with Crippen molar-refractivity contribution in [3.63, 3.8) is 0 Å². The standard InChI is InChI=1S/C25H29N3O8S/c1-2-34-19-7-5-18(6-8-19)23-27-26-22(36-23)4-3-15-35-20-9-11-21(12-10-20)37(31,32)25(24(29)28-30)13-16-33-17-14-25/h5-12,30H,2-4,13-17H2,1H3,(H,28,29). The zero-order chi connectivity index (χ0) is 26.3. The molecule has 11 nitrogen and oxygen atoms in total. The van der Waals surface area contributed by atoms with Crippen LogP contribution in [0.5, 0.6) is 11.5 Å². The van der Waals surface area contributed by atoms with E-state index in [9.17, 15) is 13.2 Å². The molecule has 1 saturated heterocycles. The van der Waals surface area contributed by atoms with Gasteiger partial charge in [0.25, 0.3) is 5.91 Å². The molecule has 0 radical (unpaired) electrons. The minimum Gasteiger partial charge on any atom is -0.494 e. The normalized spacial score (nSPS) is 15.2. The second-order valence-corrected chi connectivity index (χ2v) is 10.7. The lowest BCUT2D eigenvalue weighted by Crippen LogP contribution is -2.54. The van der Waals surface area contributed by atoms with Crippen molar-refractivity contribution in [3.8, 4) is 23.0 Å². The third kappa shape index (κ3) is 5.76. The van der Waals surface area contributed by atoms with Gasteiger partial charge in [-0.05, 0) is 74.7 Å². The van der Waals surface area contributed by atoms with Crippen LogP contribution in [0.3, 0.4) is 0 Å². The molecule has 37 heavy (non-hydrogen) atoms. The summed E-state index contributed by atoms with van der Waals surface area (Å²) in [5.41, 5.74) is 2.31. The Balaban J connectivity index is 1.31. The van der Waals surface area contributed by atoms with Gasteiger partial charge in [-0.1, -0.05) is 0 Å². The number of rotatable bonds is 11. The molecule has 0 saturated carbocycles. The minimum absolute atomic E-state index is 0.0296. The van der Waals surface area contributed by atoms with Gasteiger partial charge < -0.3 is 18.6 Å². The van der Waals surface area contributed by atoms with Gasteiger partial charge in [0.1, 0.15) is 11.5 Å². The number of hydrogen-bond acceptors (Lipinski definition) is 10. The van der Waals surface area contributed by atoms with Crippen LogP contribution in [0.4, 0.5) is 0 Å². The molecule has 1 fully saturated rings. The van der Waals surface area contributed by atoms with E-state index in [1.165, 1.54) is 29.7 Å². The minimum atomic E-state index is -4.08. The Kier molecular flexibility index (Phi) is 8.41. The van der Waals surface area contributed by atoms with Crippen molar-refractivity contribution in [2.75, 3.05) is 26.4 Å². The third-order valence-corrected chi connectivity index (χ3v) is 8.66. The summed E-state index contributed by atoms with van der Waals surface area (Å²) < 4.78 is 46.9. The first-order chi connectivity index (χ1) is 17.9. The molecule has 1 amide bonds. The summed E-state index contributed by atoms with van der Waals surface area (Å²) in [5.74, 6) is 1.20. The largest absolute Gasteiger partial charge is 0.494 e. The molecule has 2 heterocycles. The van der Waals surface area contributed by atoms with E-state index in [4.69, 9.17) is 23.8 Å². The molecule has 198 valence electrons. The van der Waals surface area contributed by atoms with Crippen LogP contribution in [0.2, 0.25) is 0 Å². The Labute approximate surface area is 214 Å². The Morgan fingerprint density at radius 2 is 1.68 bits per heavy atom. The lowest BCUT2D eigenvalue weighted by atomic mass is 9.98. The Morgan fingerprint density at radius 3 is 2.32 bits per heavy atom. The number of hydroxylamine groups is 1. The highest BCUT2D eigenvalue weighted by molar-refractivity contribution is 7.93. The van der Waals surface area contributed by atoms with E-state index in [0.29, 0.717) is 43.6 Å². The van der Waals surface area contributed by atoms with E-state index in [1.54, 1.807) is 0 Å². The van der Waals surface area contributed by atoms with Crippen molar-refractivity contribution in [1.82, 2.24) is 15.7 Å². The van der Waals surface area contributed by atoms with E-state index in [1.807, 2.05) is 31.2 Å². The SMILES string of the molecule is CCOc1ccc(-c2nnc(CCCOc3ccc(S(=O)(=O)C4(C(=O)NO)CCOCC4)cc3)o2)cc1. The lowest BCUT2D eigenvalue weighted by molar-refractivity contribution is -0.134. The maximum absolute atomic E-state index is 13.3. The molecule has 2 N–H and O–H groups in total. The number of nitrogens with one attached hydrogen (secondary N) is 1. The number of benzene rings is 2. The number of sulfone groups is 1. The van der Waals surface area contributed by atoms with Crippen molar-refractivity contribution < 1.29 is 37.0 Å². The Bertz CT molecular complexity index is 1280. The van der Waals surface area contributed by atoms with Gasteiger partial charge in [-0.2, -0.15) is 0 Å². The number of aromatic nitrogens is 2. The summed E-state index contributed by atoms with van der Waals surface area (Å²) in [4.78, 5) is 12.3. The zero-order valence-corrected chi connectivity index (χ0v) is 21.2. The molecule has 1 aliphatic heterocycles. The van der Waals surface area contributed by atoms with Crippen molar-refractivity contribution in [3.05, 3.63) is 54.4 Å². The van der Waals surface area contributed by atoms with E-state index in [0.717, 1.165) is 11.3 Å². The number of ether oxygens (including phenoxy) is 3. The van der Waals surface area contributed by atoms with Gasteiger partial charge in [0.2, 0.25) is 11.8 Å². The summed E-state index contributed by atoms with van der Waals surface area (Å²) in [5, 5.41) is 17.3. The van der Waals surface area contributed by atoms with Gasteiger partial charge in [-0.25, -0.2) is 13.9 Å². The highest BCUT2D eigenvalue weighted by Gasteiger charge is 2.52. The van der Waals surface area contributed by atoms with Crippen molar-refractivity contribution >= 4 is 15.7 Å².